The Hall–Kier alpha value is -2.27. The number of carbonyl (C=O) groups is 2. The minimum atomic E-state index is -0.103. The monoisotopic (exact) mass is 342 g/mol. The van der Waals surface area contributed by atoms with Gasteiger partial charge in [-0.05, 0) is 49.6 Å². The van der Waals surface area contributed by atoms with E-state index in [1.807, 2.05) is 63.2 Å². The lowest BCUT2D eigenvalue weighted by Gasteiger charge is -2.10. The van der Waals surface area contributed by atoms with Crippen molar-refractivity contribution in [1.82, 2.24) is 0 Å². The van der Waals surface area contributed by atoms with Gasteiger partial charge >= 0.3 is 0 Å². The molecule has 0 radical (unpaired) electrons. The molecule has 0 heterocycles. The van der Waals surface area contributed by atoms with Crippen LogP contribution >= 0.6 is 11.8 Å². The molecule has 0 aromatic heterocycles. The summed E-state index contributed by atoms with van der Waals surface area (Å²) in [6.07, 6.45) is 0. The summed E-state index contributed by atoms with van der Waals surface area (Å²) in [4.78, 5) is 23.9. The van der Waals surface area contributed by atoms with Gasteiger partial charge in [-0.3, -0.25) is 9.59 Å². The van der Waals surface area contributed by atoms with Crippen molar-refractivity contribution < 1.29 is 9.59 Å². The number of thioether (sulfide) groups is 1. The lowest BCUT2D eigenvalue weighted by Crippen LogP contribution is -2.19. The Bertz CT molecular complexity index is 744. The van der Waals surface area contributed by atoms with Crippen LogP contribution in [0.15, 0.2) is 42.5 Å². The highest BCUT2D eigenvalue weighted by atomic mass is 32.2. The van der Waals surface area contributed by atoms with Crippen LogP contribution in [0, 0.1) is 20.8 Å². The summed E-state index contributed by atoms with van der Waals surface area (Å²) in [7, 11) is 0. The van der Waals surface area contributed by atoms with Crippen LogP contribution in [0.5, 0.6) is 0 Å². The molecule has 2 N–H and O–H groups in total. The highest BCUT2D eigenvalue weighted by Gasteiger charge is 2.08. The van der Waals surface area contributed by atoms with E-state index in [1.54, 1.807) is 0 Å². The zero-order chi connectivity index (χ0) is 17.5. The third-order valence-corrected chi connectivity index (χ3v) is 4.49. The fourth-order valence-electron chi connectivity index (χ4n) is 2.19. The van der Waals surface area contributed by atoms with Crippen LogP contribution < -0.4 is 10.6 Å². The first-order chi connectivity index (χ1) is 11.5. The zero-order valence-electron chi connectivity index (χ0n) is 14.2. The summed E-state index contributed by atoms with van der Waals surface area (Å²) >= 11 is 1.30. The van der Waals surface area contributed by atoms with Gasteiger partial charge in [0.05, 0.1) is 11.5 Å². The normalized spacial score (nSPS) is 10.3. The number of nitrogens with one attached hydrogen (secondary N) is 2. The fraction of sp³-hybridized carbons (Fsp3) is 0.263. The largest absolute Gasteiger partial charge is 0.325 e. The van der Waals surface area contributed by atoms with Gasteiger partial charge in [-0.1, -0.05) is 30.3 Å². The topological polar surface area (TPSA) is 58.2 Å². The molecule has 0 spiro atoms. The number of carbonyl (C=O) groups excluding carboxylic acids is 2. The second-order valence-corrected chi connectivity index (χ2v) is 6.71. The second-order valence-electron chi connectivity index (χ2n) is 5.72. The predicted molar refractivity (Wildman–Crippen MR) is 102 cm³/mol. The van der Waals surface area contributed by atoms with Crippen LogP contribution in [0.25, 0.3) is 0 Å². The second kappa shape index (κ2) is 8.55. The van der Waals surface area contributed by atoms with E-state index in [4.69, 9.17) is 0 Å². The molecule has 4 nitrogen and oxygen atoms in total. The van der Waals surface area contributed by atoms with E-state index in [0.29, 0.717) is 0 Å². The van der Waals surface area contributed by atoms with E-state index < -0.39 is 0 Å². The number of aryl methyl sites for hydroxylation is 3. The lowest BCUT2D eigenvalue weighted by atomic mass is 10.1. The minimum absolute atomic E-state index is 0.0996. The summed E-state index contributed by atoms with van der Waals surface area (Å²) in [5.41, 5.74) is 4.77. The molecule has 0 fully saturated rings. The Balaban J connectivity index is 1.77. The summed E-state index contributed by atoms with van der Waals surface area (Å²) in [6, 6.07) is 13.6. The van der Waals surface area contributed by atoms with E-state index in [2.05, 4.69) is 10.6 Å². The van der Waals surface area contributed by atoms with Gasteiger partial charge in [0.2, 0.25) is 11.8 Å². The molecule has 2 aromatic rings. The molecule has 0 saturated heterocycles. The third-order valence-electron chi connectivity index (χ3n) is 3.55. The summed E-state index contributed by atoms with van der Waals surface area (Å²) in [5.74, 6) is 0.287. The van der Waals surface area contributed by atoms with Crippen molar-refractivity contribution >= 4 is 35.0 Å². The number of rotatable bonds is 6. The zero-order valence-corrected chi connectivity index (χ0v) is 15.0. The maximum atomic E-state index is 12.0. The Morgan fingerprint density at radius 1 is 0.833 bits per heavy atom. The Labute approximate surface area is 147 Å². The molecule has 2 aromatic carbocycles. The van der Waals surface area contributed by atoms with Crippen molar-refractivity contribution in [2.75, 3.05) is 22.1 Å². The van der Waals surface area contributed by atoms with E-state index in [0.717, 1.165) is 28.1 Å². The Morgan fingerprint density at radius 2 is 1.42 bits per heavy atom. The standard InChI is InChI=1S/C19H22N2O2S/c1-13-8-9-15(3)17(10-13)21-19(23)12-24-11-18(22)20-16-7-5-4-6-14(16)2/h4-10H,11-12H2,1-3H3,(H,20,22)(H,21,23). The molecule has 0 atom stereocenters. The van der Waals surface area contributed by atoms with Gasteiger partial charge < -0.3 is 10.6 Å². The molecule has 0 aliphatic heterocycles. The number of anilines is 2. The minimum Gasteiger partial charge on any atom is -0.325 e. The van der Waals surface area contributed by atoms with Crippen molar-refractivity contribution in [3.63, 3.8) is 0 Å². The van der Waals surface area contributed by atoms with Crippen molar-refractivity contribution in [1.29, 1.82) is 0 Å². The van der Waals surface area contributed by atoms with Gasteiger partial charge in [0.25, 0.3) is 0 Å². The van der Waals surface area contributed by atoms with Gasteiger partial charge in [-0.25, -0.2) is 0 Å². The van der Waals surface area contributed by atoms with Crippen LogP contribution in [-0.4, -0.2) is 23.3 Å². The molecule has 0 unspecified atom stereocenters. The maximum absolute atomic E-state index is 12.0. The van der Waals surface area contributed by atoms with Gasteiger partial charge in [-0.2, -0.15) is 0 Å². The molecule has 0 saturated carbocycles. The molecule has 0 aliphatic rings. The van der Waals surface area contributed by atoms with Crippen molar-refractivity contribution in [3.05, 3.63) is 59.2 Å². The smallest absolute Gasteiger partial charge is 0.234 e. The van der Waals surface area contributed by atoms with Crippen LogP contribution in [0.2, 0.25) is 0 Å². The first kappa shape index (κ1) is 18.1. The number of hydrogen-bond donors (Lipinski definition) is 2. The number of hydrogen-bond acceptors (Lipinski definition) is 3. The average Bonchev–Trinajstić information content (AvgIpc) is 2.53. The van der Waals surface area contributed by atoms with Crippen LogP contribution in [0.3, 0.4) is 0 Å². The van der Waals surface area contributed by atoms with E-state index in [-0.39, 0.29) is 23.3 Å². The molecule has 2 rings (SSSR count). The Morgan fingerprint density at radius 3 is 2.08 bits per heavy atom. The van der Waals surface area contributed by atoms with E-state index in [1.165, 1.54) is 11.8 Å². The average molecular weight is 342 g/mol. The number of para-hydroxylation sites is 1. The Kier molecular flexibility index (Phi) is 6.44. The maximum Gasteiger partial charge on any atom is 0.234 e. The van der Waals surface area contributed by atoms with Crippen LogP contribution in [0.4, 0.5) is 11.4 Å². The van der Waals surface area contributed by atoms with Gasteiger partial charge in [0.1, 0.15) is 0 Å². The molecule has 126 valence electrons. The predicted octanol–water partition coefficient (Wildman–Crippen LogP) is 3.92. The molecule has 0 bridgehead atoms. The highest BCUT2D eigenvalue weighted by Crippen LogP contribution is 2.17. The molecule has 24 heavy (non-hydrogen) atoms. The molecule has 0 aliphatic carbocycles. The molecular weight excluding hydrogens is 320 g/mol. The van der Waals surface area contributed by atoms with E-state index in [9.17, 15) is 9.59 Å². The van der Waals surface area contributed by atoms with Crippen molar-refractivity contribution in [2.24, 2.45) is 0 Å². The van der Waals surface area contributed by atoms with Crippen LogP contribution in [0.1, 0.15) is 16.7 Å². The summed E-state index contributed by atoms with van der Waals surface area (Å²) < 4.78 is 0. The van der Waals surface area contributed by atoms with E-state index >= 15 is 0 Å². The first-order valence-corrected chi connectivity index (χ1v) is 8.91. The van der Waals surface area contributed by atoms with Gasteiger partial charge in [-0.15, -0.1) is 11.8 Å². The molecular formula is C19H22N2O2S. The fourth-order valence-corrected chi connectivity index (χ4v) is 2.81. The van der Waals surface area contributed by atoms with Crippen LogP contribution in [-0.2, 0) is 9.59 Å². The van der Waals surface area contributed by atoms with Crippen molar-refractivity contribution in [3.8, 4) is 0 Å². The number of benzene rings is 2. The summed E-state index contributed by atoms with van der Waals surface area (Å²) in [5, 5.41) is 5.75. The third kappa shape index (κ3) is 5.42. The SMILES string of the molecule is Cc1ccc(C)c(NC(=O)CSCC(=O)Nc2ccccc2C)c1. The van der Waals surface area contributed by atoms with Gasteiger partial charge in [0, 0.05) is 11.4 Å². The molecule has 2 amide bonds. The lowest BCUT2D eigenvalue weighted by molar-refractivity contribution is -0.114. The summed E-state index contributed by atoms with van der Waals surface area (Å²) in [6.45, 7) is 5.89. The first-order valence-electron chi connectivity index (χ1n) is 7.76. The quantitative estimate of drug-likeness (QED) is 0.836. The number of amides is 2. The van der Waals surface area contributed by atoms with Crippen molar-refractivity contribution in [2.45, 2.75) is 20.8 Å². The highest BCUT2D eigenvalue weighted by molar-refractivity contribution is 8.00. The van der Waals surface area contributed by atoms with Gasteiger partial charge in [0.15, 0.2) is 0 Å². The molecule has 5 heteroatoms.